The fourth-order valence-electron chi connectivity index (χ4n) is 3.27. The number of likely N-dealkylation sites (tertiary alicyclic amines) is 1. The van der Waals surface area contributed by atoms with Crippen LogP contribution in [-0.4, -0.2) is 44.1 Å². The van der Waals surface area contributed by atoms with Crippen molar-refractivity contribution in [3.05, 3.63) is 45.7 Å². The van der Waals surface area contributed by atoms with E-state index in [4.69, 9.17) is 5.11 Å². The van der Waals surface area contributed by atoms with Gasteiger partial charge in [0.2, 0.25) is 0 Å². The van der Waals surface area contributed by atoms with Crippen LogP contribution < -0.4 is 0 Å². The molecule has 24 heavy (non-hydrogen) atoms. The molecule has 2 aromatic rings. The van der Waals surface area contributed by atoms with Crippen molar-refractivity contribution in [3.8, 4) is 0 Å². The number of nitrogens with zero attached hydrogens (tertiary/aromatic N) is 4. The molecular weight excluding hydrogens is 372 g/mol. The number of halogens is 1. The molecule has 1 saturated heterocycles. The highest BCUT2D eigenvalue weighted by molar-refractivity contribution is 9.10. The van der Waals surface area contributed by atoms with Crippen LogP contribution in [0.15, 0.2) is 28.9 Å². The molecule has 6 nitrogen and oxygen atoms in total. The van der Waals surface area contributed by atoms with Gasteiger partial charge in [0.25, 0.3) is 0 Å². The van der Waals surface area contributed by atoms with Gasteiger partial charge in [0.05, 0.1) is 5.69 Å². The van der Waals surface area contributed by atoms with Crippen LogP contribution in [0.1, 0.15) is 35.7 Å². The van der Waals surface area contributed by atoms with E-state index in [1.165, 1.54) is 28.7 Å². The molecule has 1 aliphatic heterocycles. The van der Waals surface area contributed by atoms with Crippen molar-refractivity contribution in [3.63, 3.8) is 0 Å². The zero-order chi connectivity index (χ0) is 17.1. The van der Waals surface area contributed by atoms with E-state index in [0.29, 0.717) is 6.04 Å². The summed E-state index contributed by atoms with van der Waals surface area (Å²) in [6.45, 7) is 3.97. The lowest BCUT2D eigenvalue weighted by molar-refractivity contribution is -0.137. The topological polar surface area (TPSA) is 71.2 Å². The van der Waals surface area contributed by atoms with Crippen LogP contribution >= 0.6 is 15.9 Å². The molecule has 1 aliphatic rings. The van der Waals surface area contributed by atoms with Gasteiger partial charge in [-0.2, -0.15) is 0 Å². The summed E-state index contributed by atoms with van der Waals surface area (Å²) in [6, 6.07) is 7.03. The van der Waals surface area contributed by atoms with E-state index in [-0.39, 0.29) is 6.54 Å². The SMILES string of the molecule is Cc1cc(C2CCCN2CCc2cn(CC(=O)O)nn2)ccc1Br. The quantitative estimate of drug-likeness (QED) is 0.817. The summed E-state index contributed by atoms with van der Waals surface area (Å²) < 4.78 is 2.52. The first kappa shape index (κ1) is 17.1. The lowest BCUT2D eigenvalue weighted by atomic mass is 10.0. The molecule has 1 N–H and O–H groups in total. The molecule has 7 heteroatoms. The summed E-state index contributed by atoms with van der Waals surface area (Å²) in [4.78, 5) is 13.2. The minimum absolute atomic E-state index is 0.141. The molecule has 3 rings (SSSR count). The van der Waals surface area contributed by atoms with E-state index >= 15 is 0 Å². The lowest BCUT2D eigenvalue weighted by Crippen LogP contribution is -2.25. The van der Waals surface area contributed by atoms with Crippen LogP contribution in [-0.2, 0) is 17.8 Å². The minimum Gasteiger partial charge on any atom is -0.480 e. The molecule has 1 atom stereocenters. The molecule has 0 bridgehead atoms. The summed E-state index contributed by atoms with van der Waals surface area (Å²) in [5.41, 5.74) is 3.47. The molecule has 1 fully saturated rings. The first-order valence-corrected chi connectivity index (χ1v) is 8.93. The van der Waals surface area contributed by atoms with E-state index in [0.717, 1.165) is 29.7 Å². The largest absolute Gasteiger partial charge is 0.480 e. The maximum Gasteiger partial charge on any atom is 0.325 e. The average Bonchev–Trinajstić information content (AvgIpc) is 3.16. The highest BCUT2D eigenvalue weighted by atomic mass is 79.9. The monoisotopic (exact) mass is 392 g/mol. The molecular formula is C17H21BrN4O2. The number of carbonyl (C=O) groups is 1. The van der Waals surface area contributed by atoms with Crippen molar-refractivity contribution in [2.75, 3.05) is 13.1 Å². The highest BCUT2D eigenvalue weighted by Gasteiger charge is 2.26. The Morgan fingerprint density at radius 1 is 1.46 bits per heavy atom. The number of aryl methyl sites for hydroxylation is 1. The fraction of sp³-hybridized carbons (Fsp3) is 0.471. The van der Waals surface area contributed by atoms with Crippen LogP contribution in [0, 0.1) is 6.92 Å². The number of hydrogen-bond donors (Lipinski definition) is 1. The Kier molecular flexibility index (Phi) is 5.30. The van der Waals surface area contributed by atoms with Gasteiger partial charge < -0.3 is 5.11 Å². The predicted octanol–water partition coefficient (Wildman–Crippen LogP) is 2.81. The molecule has 1 unspecified atom stereocenters. The third-order valence-electron chi connectivity index (χ3n) is 4.47. The Bertz CT molecular complexity index is 731. The number of carboxylic acids is 1. The third kappa shape index (κ3) is 4.02. The molecule has 1 aromatic heterocycles. The van der Waals surface area contributed by atoms with Gasteiger partial charge in [-0.3, -0.25) is 9.69 Å². The second-order valence-corrected chi connectivity index (χ2v) is 7.11. The Balaban J connectivity index is 1.62. The van der Waals surface area contributed by atoms with Crippen LogP contribution in [0.4, 0.5) is 0 Å². The summed E-state index contributed by atoms with van der Waals surface area (Å²) in [7, 11) is 0. The lowest BCUT2D eigenvalue weighted by Gasteiger charge is -2.25. The number of carboxylic acid groups (broad SMARTS) is 1. The summed E-state index contributed by atoms with van der Waals surface area (Å²) in [5, 5.41) is 16.7. The van der Waals surface area contributed by atoms with E-state index in [1.54, 1.807) is 6.20 Å². The number of hydrogen-bond acceptors (Lipinski definition) is 4. The zero-order valence-corrected chi connectivity index (χ0v) is 15.2. The summed E-state index contributed by atoms with van der Waals surface area (Å²) in [6.07, 6.45) is 4.88. The first-order valence-electron chi connectivity index (χ1n) is 8.14. The predicted molar refractivity (Wildman–Crippen MR) is 93.8 cm³/mol. The maximum absolute atomic E-state index is 10.7. The van der Waals surface area contributed by atoms with Gasteiger partial charge in [-0.25, -0.2) is 4.68 Å². The average molecular weight is 393 g/mol. The Hall–Kier alpha value is -1.73. The second kappa shape index (κ2) is 7.44. The van der Waals surface area contributed by atoms with E-state index in [1.807, 2.05) is 0 Å². The number of rotatable bonds is 6. The first-order chi connectivity index (χ1) is 11.5. The molecule has 2 heterocycles. The fourth-order valence-corrected chi connectivity index (χ4v) is 3.52. The number of benzene rings is 1. The van der Waals surface area contributed by atoms with Gasteiger partial charge in [0, 0.05) is 29.7 Å². The molecule has 0 saturated carbocycles. The molecule has 128 valence electrons. The maximum atomic E-state index is 10.7. The van der Waals surface area contributed by atoms with Crippen LogP contribution in [0.3, 0.4) is 0 Å². The highest BCUT2D eigenvalue weighted by Crippen LogP contribution is 2.33. The van der Waals surface area contributed by atoms with E-state index in [9.17, 15) is 4.79 Å². The van der Waals surface area contributed by atoms with Crippen LogP contribution in [0.5, 0.6) is 0 Å². The summed E-state index contributed by atoms with van der Waals surface area (Å²) >= 11 is 3.56. The zero-order valence-electron chi connectivity index (χ0n) is 13.7. The molecule has 0 spiro atoms. The van der Waals surface area contributed by atoms with Crippen LogP contribution in [0.25, 0.3) is 0 Å². The van der Waals surface area contributed by atoms with Crippen molar-refractivity contribution in [1.82, 2.24) is 19.9 Å². The Morgan fingerprint density at radius 2 is 2.29 bits per heavy atom. The van der Waals surface area contributed by atoms with Gasteiger partial charge in [-0.15, -0.1) is 5.10 Å². The van der Waals surface area contributed by atoms with Gasteiger partial charge in [0.15, 0.2) is 0 Å². The Morgan fingerprint density at radius 3 is 3.04 bits per heavy atom. The summed E-state index contributed by atoms with van der Waals surface area (Å²) in [5.74, 6) is -0.906. The van der Waals surface area contributed by atoms with Gasteiger partial charge in [0.1, 0.15) is 6.54 Å². The van der Waals surface area contributed by atoms with Crippen molar-refractivity contribution >= 4 is 21.9 Å². The normalized spacial score (nSPS) is 18.2. The second-order valence-electron chi connectivity index (χ2n) is 6.25. The molecule has 0 amide bonds. The van der Waals surface area contributed by atoms with Crippen LogP contribution in [0.2, 0.25) is 0 Å². The molecule has 0 aliphatic carbocycles. The standard InChI is InChI=1S/C17H21BrN4O2/c1-12-9-13(4-5-15(12)18)16-3-2-7-21(16)8-6-14-10-22(20-19-14)11-17(23)24/h4-5,9-10,16H,2-3,6-8,11H2,1H3,(H,23,24). The van der Waals surface area contributed by atoms with Crippen molar-refractivity contribution < 1.29 is 9.90 Å². The Labute approximate surface area is 149 Å². The van der Waals surface area contributed by atoms with E-state index in [2.05, 4.69) is 56.3 Å². The number of aliphatic carboxylic acids is 1. The van der Waals surface area contributed by atoms with Crippen molar-refractivity contribution in [2.24, 2.45) is 0 Å². The number of aromatic nitrogens is 3. The van der Waals surface area contributed by atoms with Gasteiger partial charge in [-0.05, 0) is 43.5 Å². The third-order valence-corrected chi connectivity index (χ3v) is 5.36. The van der Waals surface area contributed by atoms with Crippen molar-refractivity contribution in [2.45, 2.75) is 38.8 Å². The smallest absolute Gasteiger partial charge is 0.325 e. The van der Waals surface area contributed by atoms with Crippen molar-refractivity contribution in [1.29, 1.82) is 0 Å². The molecule has 1 aromatic carbocycles. The molecule has 0 radical (unpaired) electrons. The minimum atomic E-state index is -0.906. The van der Waals surface area contributed by atoms with Gasteiger partial charge in [-0.1, -0.05) is 33.3 Å². The van der Waals surface area contributed by atoms with E-state index < -0.39 is 5.97 Å². The van der Waals surface area contributed by atoms with Gasteiger partial charge >= 0.3 is 5.97 Å².